The third-order valence-corrected chi connectivity index (χ3v) is 6.31. The van der Waals surface area contributed by atoms with Crippen molar-refractivity contribution in [3.05, 3.63) is 29.8 Å². The lowest BCUT2D eigenvalue weighted by atomic mass is 9.79. The second-order valence-corrected chi connectivity index (χ2v) is 8.46. The minimum atomic E-state index is -0.0375. The van der Waals surface area contributed by atoms with E-state index in [0.29, 0.717) is 18.7 Å². The van der Waals surface area contributed by atoms with Crippen LogP contribution in [-0.4, -0.2) is 61.6 Å². The maximum Gasteiger partial charge on any atom is 0.220 e. The van der Waals surface area contributed by atoms with Crippen LogP contribution in [0.4, 0.5) is 0 Å². The second kappa shape index (κ2) is 11.5. The molecule has 1 aliphatic carbocycles. The van der Waals surface area contributed by atoms with Gasteiger partial charge in [-0.05, 0) is 43.5 Å². The molecule has 3 rings (SSSR count). The summed E-state index contributed by atoms with van der Waals surface area (Å²) in [6, 6.07) is 7.19. The number of hydrogen-bond acceptors (Lipinski definition) is 5. The zero-order chi connectivity index (χ0) is 21.2. The number of amides is 1. The van der Waals surface area contributed by atoms with Crippen molar-refractivity contribution >= 4 is 11.7 Å². The van der Waals surface area contributed by atoms with E-state index in [9.17, 15) is 9.59 Å². The van der Waals surface area contributed by atoms with Gasteiger partial charge in [0.25, 0.3) is 0 Å². The Balaban J connectivity index is 1.46. The number of Topliss-reactive ketones (excluding diaryl/α,β-unsaturated/α-hetero) is 1. The van der Waals surface area contributed by atoms with Crippen molar-refractivity contribution in [1.82, 2.24) is 10.2 Å². The molecule has 0 unspecified atom stereocenters. The van der Waals surface area contributed by atoms with Gasteiger partial charge in [0.15, 0.2) is 5.78 Å². The summed E-state index contributed by atoms with van der Waals surface area (Å²) in [5.41, 5.74) is 0.680. The van der Waals surface area contributed by atoms with E-state index >= 15 is 0 Å². The molecule has 1 aromatic carbocycles. The Bertz CT molecular complexity index is 677. The molecule has 1 heterocycles. The van der Waals surface area contributed by atoms with Crippen LogP contribution < -0.4 is 10.1 Å². The first-order valence-corrected chi connectivity index (χ1v) is 11.5. The topological polar surface area (TPSA) is 67.9 Å². The van der Waals surface area contributed by atoms with Crippen LogP contribution in [0.15, 0.2) is 24.3 Å². The summed E-state index contributed by atoms with van der Waals surface area (Å²) in [6.07, 6.45) is 7.35. The standard InChI is InChI=1S/C24H36N2O4/c1-2-16-30-21-8-6-20(7-9-21)22(27)10-11-23(28)25-19-24(12-4-3-5-13-24)26-14-17-29-18-15-26/h6-9H,2-5,10-19H2,1H3,(H,25,28). The fourth-order valence-electron chi connectivity index (χ4n) is 4.53. The highest BCUT2D eigenvalue weighted by Crippen LogP contribution is 2.33. The summed E-state index contributed by atoms with van der Waals surface area (Å²) in [4.78, 5) is 27.5. The normalized spacial score (nSPS) is 19.2. The molecule has 166 valence electrons. The van der Waals surface area contributed by atoms with Gasteiger partial charge in [-0.25, -0.2) is 0 Å². The molecule has 1 aliphatic heterocycles. The van der Waals surface area contributed by atoms with Gasteiger partial charge in [-0.3, -0.25) is 14.5 Å². The van der Waals surface area contributed by atoms with Crippen LogP contribution in [0.3, 0.4) is 0 Å². The van der Waals surface area contributed by atoms with E-state index in [2.05, 4.69) is 17.1 Å². The van der Waals surface area contributed by atoms with Gasteiger partial charge in [0.2, 0.25) is 5.91 Å². The predicted molar refractivity (Wildman–Crippen MR) is 117 cm³/mol. The summed E-state index contributed by atoms with van der Waals surface area (Å²) in [5.74, 6) is 0.726. The first-order chi connectivity index (χ1) is 14.6. The van der Waals surface area contributed by atoms with E-state index in [4.69, 9.17) is 9.47 Å². The Kier molecular flexibility index (Phi) is 8.70. The Morgan fingerprint density at radius 1 is 1.07 bits per heavy atom. The molecule has 1 saturated heterocycles. The van der Waals surface area contributed by atoms with Gasteiger partial charge < -0.3 is 14.8 Å². The highest BCUT2D eigenvalue weighted by atomic mass is 16.5. The molecule has 6 nitrogen and oxygen atoms in total. The van der Waals surface area contributed by atoms with Gasteiger partial charge in [0, 0.05) is 43.6 Å². The van der Waals surface area contributed by atoms with E-state index in [-0.39, 0.29) is 30.1 Å². The highest BCUT2D eigenvalue weighted by Gasteiger charge is 2.38. The first-order valence-electron chi connectivity index (χ1n) is 11.5. The van der Waals surface area contributed by atoms with E-state index < -0.39 is 0 Å². The monoisotopic (exact) mass is 416 g/mol. The Morgan fingerprint density at radius 2 is 1.77 bits per heavy atom. The van der Waals surface area contributed by atoms with Crippen molar-refractivity contribution in [1.29, 1.82) is 0 Å². The van der Waals surface area contributed by atoms with Crippen molar-refractivity contribution in [2.75, 3.05) is 39.5 Å². The molecule has 1 amide bonds. The number of nitrogens with zero attached hydrogens (tertiary/aromatic N) is 1. The van der Waals surface area contributed by atoms with Gasteiger partial charge >= 0.3 is 0 Å². The minimum Gasteiger partial charge on any atom is -0.494 e. The molecule has 1 N–H and O–H groups in total. The van der Waals surface area contributed by atoms with Gasteiger partial charge in [-0.2, -0.15) is 0 Å². The molecule has 0 atom stereocenters. The van der Waals surface area contributed by atoms with Gasteiger partial charge in [-0.15, -0.1) is 0 Å². The molecule has 1 aromatic rings. The SMILES string of the molecule is CCCOc1ccc(C(=O)CCC(=O)NCC2(N3CCOCC3)CCCCC2)cc1. The zero-order valence-corrected chi connectivity index (χ0v) is 18.3. The first kappa shape index (κ1) is 22.8. The van der Waals surface area contributed by atoms with Crippen LogP contribution in [-0.2, 0) is 9.53 Å². The van der Waals surface area contributed by atoms with Crippen molar-refractivity contribution in [2.45, 2.75) is 63.8 Å². The summed E-state index contributed by atoms with van der Waals surface area (Å²) in [6.45, 7) is 6.81. The van der Waals surface area contributed by atoms with E-state index in [1.165, 1.54) is 19.3 Å². The number of benzene rings is 1. The lowest BCUT2D eigenvalue weighted by Gasteiger charge is -2.48. The number of ketones is 1. The summed E-state index contributed by atoms with van der Waals surface area (Å²) >= 11 is 0. The van der Waals surface area contributed by atoms with E-state index in [1.54, 1.807) is 12.1 Å². The quantitative estimate of drug-likeness (QED) is 0.591. The van der Waals surface area contributed by atoms with Crippen molar-refractivity contribution in [2.24, 2.45) is 0 Å². The molecule has 0 aromatic heterocycles. The van der Waals surface area contributed by atoms with Gasteiger partial charge in [0.05, 0.1) is 19.8 Å². The molecule has 2 aliphatic rings. The average molecular weight is 417 g/mol. The molecule has 0 bridgehead atoms. The number of carbonyl (C=O) groups excluding carboxylic acids is 2. The summed E-state index contributed by atoms with van der Waals surface area (Å²) in [7, 11) is 0. The Labute approximate surface area is 180 Å². The minimum absolute atomic E-state index is 0.00671. The van der Waals surface area contributed by atoms with Crippen LogP contribution in [0, 0.1) is 0 Å². The van der Waals surface area contributed by atoms with Crippen LogP contribution in [0.5, 0.6) is 5.75 Å². The molecule has 30 heavy (non-hydrogen) atoms. The molecular formula is C24H36N2O4. The largest absolute Gasteiger partial charge is 0.494 e. The smallest absolute Gasteiger partial charge is 0.220 e. The summed E-state index contributed by atoms with van der Waals surface area (Å²) in [5, 5.41) is 3.14. The average Bonchev–Trinajstić information content (AvgIpc) is 2.81. The molecular weight excluding hydrogens is 380 g/mol. The predicted octanol–water partition coefficient (Wildman–Crippen LogP) is 3.59. The fourth-order valence-corrected chi connectivity index (χ4v) is 4.53. The number of nitrogens with one attached hydrogen (secondary N) is 1. The number of hydrogen-bond donors (Lipinski definition) is 1. The highest BCUT2D eigenvalue weighted by molar-refractivity contribution is 5.98. The van der Waals surface area contributed by atoms with Gasteiger partial charge in [0.1, 0.15) is 5.75 Å². The fraction of sp³-hybridized carbons (Fsp3) is 0.667. The maximum atomic E-state index is 12.5. The number of rotatable bonds is 10. The van der Waals surface area contributed by atoms with E-state index in [0.717, 1.165) is 51.3 Å². The van der Waals surface area contributed by atoms with Gasteiger partial charge in [-0.1, -0.05) is 26.2 Å². The molecule has 1 saturated carbocycles. The number of carbonyl (C=O) groups is 2. The van der Waals surface area contributed by atoms with Crippen LogP contribution in [0.2, 0.25) is 0 Å². The third-order valence-electron chi connectivity index (χ3n) is 6.31. The van der Waals surface area contributed by atoms with Crippen LogP contribution in [0.1, 0.15) is 68.6 Å². The second-order valence-electron chi connectivity index (χ2n) is 8.46. The molecule has 0 radical (unpaired) electrons. The Hall–Kier alpha value is -1.92. The van der Waals surface area contributed by atoms with E-state index in [1.807, 2.05) is 12.1 Å². The molecule has 2 fully saturated rings. The summed E-state index contributed by atoms with van der Waals surface area (Å²) < 4.78 is 11.1. The number of morpholine rings is 1. The Morgan fingerprint density at radius 3 is 2.43 bits per heavy atom. The van der Waals surface area contributed by atoms with Crippen LogP contribution >= 0.6 is 0 Å². The lowest BCUT2D eigenvalue weighted by molar-refractivity contribution is -0.122. The third kappa shape index (κ3) is 6.29. The number of ether oxygens (including phenoxy) is 2. The van der Waals surface area contributed by atoms with Crippen molar-refractivity contribution < 1.29 is 19.1 Å². The zero-order valence-electron chi connectivity index (χ0n) is 18.3. The van der Waals surface area contributed by atoms with Crippen molar-refractivity contribution in [3.63, 3.8) is 0 Å². The maximum absolute atomic E-state index is 12.5. The molecule has 6 heteroatoms. The van der Waals surface area contributed by atoms with Crippen LogP contribution in [0.25, 0.3) is 0 Å². The lowest BCUT2D eigenvalue weighted by Crippen LogP contribution is -2.59. The van der Waals surface area contributed by atoms with Crippen molar-refractivity contribution in [3.8, 4) is 5.75 Å². The molecule has 0 spiro atoms.